The molecule has 1 aromatic rings. The molecule has 0 saturated heterocycles. The van der Waals surface area contributed by atoms with E-state index in [0.717, 1.165) is 22.0 Å². The first kappa shape index (κ1) is 11.7. The fourth-order valence-corrected chi connectivity index (χ4v) is 2.38. The Bertz CT molecular complexity index is 453. The molecule has 1 aliphatic carbocycles. The van der Waals surface area contributed by atoms with Crippen LogP contribution in [0.4, 0.5) is 5.69 Å². The molecule has 0 spiro atoms. The van der Waals surface area contributed by atoms with Gasteiger partial charge in [-0.25, -0.2) is 0 Å². The number of rotatable bonds is 2. The van der Waals surface area contributed by atoms with Gasteiger partial charge in [0, 0.05) is 9.11 Å². The van der Waals surface area contributed by atoms with Crippen LogP contribution in [-0.4, -0.2) is 11.4 Å². The van der Waals surface area contributed by atoms with Gasteiger partial charge in [-0.1, -0.05) is 0 Å². The van der Waals surface area contributed by atoms with Crippen molar-refractivity contribution in [2.45, 2.75) is 32.2 Å². The van der Waals surface area contributed by atoms with E-state index in [1.807, 2.05) is 19.1 Å². The second-order valence-corrected chi connectivity index (χ2v) is 5.88. The van der Waals surface area contributed by atoms with Crippen LogP contribution in [0.1, 0.15) is 35.7 Å². The van der Waals surface area contributed by atoms with E-state index >= 15 is 0 Å². The Morgan fingerprint density at radius 3 is 2.69 bits per heavy atom. The molecule has 0 heterocycles. The zero-order valence-electron chi connectivity index (χ0n) is 9.43. The molecular formula is C12H15IN2O. The number of carbonyl (C=O) groups is 1. The van der Waals surface area contributed by atoms with Gasteiger partial charge in [-0.15, -0.1) is 0 Å². The lowest BCUT2D eigenvalue weighted by atomic mass is 10.1. The topological polar surface area (TPSA) is 55.1 Å². The molecule has 0 unspecified atom stereocenters. The van der Waals surface area contributed by atoms with Gasteiger partial charge in [0.1, 0.15) is 0 Å². The van der Waals surface area contributed by atoms with Gasteiger partial charge in [0.15, 0.2) is 0 Å². The average Bonchev–Trinajstić information content (AvgIpc) is 2.89. The summed E-state index contributed by atoms with van der Waals surface area (Å²) in [7, 11) is 0. The zero-order chi connectivity index (χ0) is 11.9. The first-order chi connectivity index (χ1) is 7.41. The molecule has 1 aliphatic rings. The number of aryl methyl sites for hydroxylation is 1. The van der Waals surface area contributed by atoms with Gasteiger partial charge < -0.3 is 11.1 Å². The van der Waals surface area contributed by atoms with Gasteiger partial charge in [-0.05, 0) is 67.0 Å². The molecular weight excluding hydrogens is 315 g/mol. The number of anilines is 1. The highest BCUT2D eigenvalue weighted by Gasteiger charge is 2.39. The summed E-state index contributed by atoms with van der Waals surface area (Å²) in [6.07, 6.45) is 2.11. The van der Waals surface area contributed by atoms with Gasteiger partial charge >= 0.3 is 0 Å². The third-order valence-electron chi connectivity index (χ3n) is 2.93. The van der Waals surface area contributed by atoms with Crippen molar-refractivity contribution in [3.63, 3.8) is 0 Å². The first-order valence-electron chi connectivity index (χ1n) is 5.29. The largest absolute Gasteiger partial charge is 0.397 e. The van der Waals surface area contributed by atoms with Crippen LogP contribution in [0.5, 0.6) is 0 Å². The summed E-state index contributed by atoms with van der Waals surface area (Å²) in [4.78, 5) is 12.0. The molecule has 1 saturated carbocycles. The van der Waals surface area contributed by atoms with Crippen LogP contribution in [0.3, 0.4) is 0 Å². The molecule has 86 valence electrons. The fourth-order valence-electron chi connectivity index (χ4n) is 1.60. The number of hydrogen-bond donors (Lipinski definition) is 2. The second-order valence-electron chi connectivity index (χ2n) is 4.72. The summed E-state index contributed by atoms with van der Waals surface area (Å²) >= 11 is 2.16. The van der Waals surface area contributed by atoms with Crippen LogP contribution in [0, 0.1) is 10.5 Å². The van der Waals surface area contributed by atoms with E-state index in [0.29, 0.717) is 11.3 Å². The van der Waals surface area contributed by atoms with Crippen molar-refractivity contribution in [2.24, 2.45) is 0 Å². The average molecular weight is 330 g/mol. The third kappa shape index (κ3) is 2.31. The molecule has 0 bridgehead atoms. The summed E-state index contributed by atoms with van der Waals surface area (Å²) in [6, 6.07) is 3.82. The monoisotopic (exact) mass is 330 g/mol. The van der Waals surface area contributed by atoms with Crippen LogP contribution in [0.25, 0.3) is 0 Å². The second kappa shape index (κ2) is 3.91. The molecule has 16 heavy (non-hydrogen) atoms. The van der Waals surface area contributed by atoms with Crippen molar-refractivity contribution in [3.8, 4) is 0 Å². The predicted molar refractivity (Wildman–Crippen MR) is 73.4 cm³/mol. The van der Waals surface area contributed by atoms with Gasteiger partial charge in [-0.2, -0.15) is 0 Å². The molecule has 1 fully saturated rings. The Hall–Kier alpha value is -0.780. The van der Waals surface area contributed by atoms with Crippen LogP contribution >= 0.6 is 22.6 Å². The van der Waals surface area contributed by atoms with Crippen molar-refractivity contribution < 1.29 is 4.79 Å². The molecule has 0 radical (unpaired) electrons. The fraction of sp³-hybridized carbons (Fsp3) is 0.417. The molecule has 3 N–H and O–H groups in total. The quantitative estimate of drug-likeness (QED) is 0.647. The van der Waals surface area contributed by atoms with E-state index in [-0.39, 0.29) is 11.4 Å². The summed E-state index contributed by atoms with van der Waals surface area (Å²) in [5.41, 5.74) is 8.15. The minimum absolute atomic E-state index is 0.00128. The van der Waals surface area contributed by atoms with Gasteiger partial charge in [0.25, 0.3) is 5.91 Å². The molecule has 0 aromatic heterocycles. The van der Waals surface area contributed by atoms with E-state index in [1.54, 1.807) is 0 Å². The summed E-state index contributed by atoms with van der Waals surface area (Å²) in [6.45, 7) is 4.03. The number of halogens is 1. The minimum atomic E-state index is -0.0564. The van der Waals surface area contributed by atoms with E-state index in [2.05, 4.69) is 34.8 Å². The Morgan fingerprint density at radius 2 is 2.12 bits per heavy atom. The van der Waals surface area contributed by atoms with Crippen LogP contribution in [0.15, 0.2) is 12.1 Å². The lowest BCUT2D eigenvalue weighted by Crippen LogP contribution is -2.34. The number of nitrogen functional groups attached to an aromatic ring is 1. The molecule has 2 rings (SSSR count). The number of nitrogens with one attached hydrogen (secondary N) is 1. The van der Waals surface area contributed by atoms with Crippen molar-refractivity contribution in [1.29, 1.82) is 0 Å². The highest BCUT2D eigenvalue weighted by molar-refractivity contribution is 14.1. The molecule has 1 aromatic carbocycles. The molecule has 4 heteroatoms. The van der Waals surface area contributed by atoms with Crippen molar-refractivity contribution >= 4 is 34.2 Å². The number of benzene rings is 1. The molecule has 1 amide bonds. The Balaban J connectivity index is 2.28. The number of amides is 1. The molecule has 0 aliphatic heterocycles. The number of hydrogen-bond acceptors (Lipinski definition) is 2. The predicted octanol–water partition coefficient (Wildman–Crippen LogP) is 2.46. The van der Waals surface area contributed by atoms with Crippen molar-refractivity contribution in [3.05, 3.63) is 26.8 Å². The summed E-state index contributed by atoms with van der Waals surface area (Å²) < 4.78 is 0.934. The van der Waals surface area contributed by atoms with Crippen LogP contribution < -0.4 is 11.1 Å². The maximum Gasteiger partial charge on any atom is 0.253 e. The normalized spacial score (nSPS) is 16.9. The molecule has 0 atom stereocenters. The standard InChI is InChI=1S/C12H15IN2O/c1-7-5-8(10(14)9(13)6-7)11(16)15-12(2)3-4-12/h5-6H,3-4,14H2,1-2H3,(H,15,16). The minimum Gasteiger partial charge on any atom is -0.397 e. The first-order valence-corrected chi connectivity index (χ1v) is 6.37. The smallest absolute Gasteiger partial charge is 0.253 e. The Morgan fingerprint density at radius 1 is 1.50 bits per heavy atom. The molecule has 3 nitrogen and oxygen atoms in total. The van der Waals surface area contributed by atoms with E-state index < -0.39 is 0 Å². The highest BCUT2D eigenvalue weighted by Crippen LogP contribution is 2.35. The summed E-state index contributed by atoms with van der Waals surface area (Å²) in [5.74, 6) is -0.0564. The SMILES string of the molecule is Cc1cc(I)c(N)c(C(=O)NC2(C)CC2)c1. The Kier molecular flexibility index (Phi) is 2.86. The zero-order valence-corrected chi connectivity index (χ0v) is 11.6. The Labute approximate surface area is 109 Å². The van der Waals surface area contributed by atoms with Gasteiger partial charge in [0.2, 0.25) is 0 Å². The van der Waals surface area contributed by atoms with Crippen LogP contribution in [0.2, 0.25) is 0 Å². The maximum atomic E-state index is 12.0. The van der Waals surface area contributed by atoms with Crippen molar-refractivity contribution in [1.82, 2.24) is 5.32 Å². The maximum absolute atomic E-state index is 12.0. The van der Waals surface area contributed by atoms with Crippen molar-refractivity contribution in [2.75, 3.05) is 5.73 Å². The van der Waals surface area contributed by atoms with E-state index in [9.17, 15) is 4.79 Å². The highest BCUT2D eigenvalue weighted by atomic mass is 127. The van der Waals surface area contributed by atoms with E-state index in [4.69, 9.17) is 5.73 Å². The lowest BCUT2D eigenvalue weighted by Gasteiger charge is -2.14. The lowest BCUT2D eigenvalue weighted by molar-refractivity contribution is 0.0936. The van der Waals surface area contributed by atoms with Crippen LogP contribution in [-0.2, 0) is 0 Å². The van der Waals surface area contributed by atoms with Gasteiger partial charge in [0.05, 0.1) is 11.3 Å². The van der Waals surface area contributed by atoms with Gasteiger partial charge in [-0.3, -0.25) is 4.79 Å². The third-order valence-corrected chi connectivity index (χ3v) is 3.83. The number of nitrogens with two attached hydrogens (primary N) is 1. The number of carbonyl (C=O) groups excluding carboxylic acids is 1. The van der Waals surface area contributed by atoms with E-state index in [1.165, 1.54) is 0 Å². The summed E-state index contributed by atoms with van der Waals surface area (Å²) in [5, 5.41) is 3.02.